The van der Waals surface area contributed by atoms with Gasteiger partial charge in [0, 0.05) is 5.02 Å². The van der Waals surface area contributed by atoms with E-state index in [9.17, 15) is 4.79 Å². The Hall–Kier alpha value is -1.66. The second-order valence-electron chi connectivity index (χ2n) is 4.14. The molecule has 0 atom stereocenters. The van der Waals surface area contributed by atoms with Gasteiger partial charge in [-0.1, -0.05) is 41.6 Å². The second-order valence-corrected chi connectivity index (χ2v) is 4.98. The minimum absolute atomic E-state index is 0.141. The first-order chi connectivity index (χ1) is 9.60. The van der Waals surface area contributed by atoms with E-state index in [1.165, 1.54) is 10.9 Å². The largest absolute Gasteiger partial charge is 0.288 e. The van der Waals surface area contributed by atoms with Crippen LogP contribution in [0.5, 0.6) is 0 Å². The lowest BCUT2D eigenvalue weighted by atomic mass is 10.2. The van der Waals surface area contributed by atoms with Crippen LogP contribution >= 0.6 is 23.2 Å². The van der Waals surface area contributed by atoms with Gasteiger partial charge < -0.3 is 0 Å². The molecule has 0 spiro atoms. The van der Waals surface area contributed by atoms with Crippen molar-refractivity contribution in [1.29, 1.82) is 0 Å². The lowest BCUT2D eigenvalue weighted by Crippen LogP contribution is -2.14. The van der Waals surface area contributed by atoms with E-state index in [2.05, 4.69) is 27.7 Å². The quantitative estimate of drug-likeness (QED) is 0.920. The van der Waals surface area contributed by atoms with Crippen LogP contribution in [0, 0.1) is 0 Å². The van der Waals surface area contributed by atoms with Crippen LogP contribution in [-0.2, 0) is 6.54 Å². The Labute approximate surface area is 126 Å². The molecule has 2 rings (SSSR count). The van der Waals surface area contributed by atoms with Crippen LogP contribution in [0.4, 0.5) is 5.95 Å². The van der Waals surface area contributed by atoms with Crippen molar-refractivity contribution in [2.45, 2.75) is 26.3 Å². The summed E-state index contributed by atoms with van der Waals surface area (Å²) in [7, 11) is 0. The zero-order chi connectivity index (χ0) is 14.5. The number of carbonyl (C=O) groups is 1. The van der Waals surface area contributed by atoms with Crippen LogP contribution in [0.2, 0.25) is 10.0 Å². The first-order valence-corrected chi connectivity index (χ1v) is 6.90. The number of anilines is 1. The zero-order valence-corrected chi connectivity index (χ0v) is 12.3. The topological polar surface area (TPSA) is 72.7 Å². The Morgan fingerprint density at radius 2 is 2.20 bits per heavy atom. The molecular formula is C12H13Cl2N5O. The molecular weight excluding hydrogens is 301 g/mol. The number of nitrogens with zero attached hydrogens (tertiary/aromatic N) is 4. The summed E-state index contributed by atoms with van der Waals surface area (Å²) in [5.41, 5.74) is 0.268. The number of hydrogen-bond acceptors (Lipinski definition) is 4. The molecule has 0 aliphatic rings. The van der Waals surface area contributed by atoms with Crippen LogP contribution in [0.25, 0.3) is 0 Å². The molecule has 0 bridgehead atoms. The van der Waals surface area contributed by atoms with Crippen molar-refractivity contribution >= 4 is 35.1 Å². The lowest BCUT2D eigenvalue weighted by Gasteiger charge is -2.03. The van der Waals surface area contributed by atoms with E-state index >= 15 is 0 Å². The van der Waals surface area contributed by atoms with Gasteiger partial charge in [0.15, 0.2) is 0 Å². The number of benzene rings is 1. The summed E-state index contributed by atoms with van der Waals surface area (Å²) in [4.78, 5) is 13.5. The molecule has 1 N–H and O–H groups in total. The monoisotopic (exact) mass is 313 g/mol. The summed E-state index contributed by atoms with van der Waals surface area (Å²) in [6.45, 7) is 2.73. The Morgan fingerprint density at radius 1 is 1.40 bits per heavy atom. The highest BCUT2D eigenvalue weighted by Gasteiger charge is 2.13. The number of unbranched alkanes of at least 4 members (excludes halogenated alkanes) is 1. The summed E-state index contributed by atoms with van der Waals surface area (Å²) >= 11 is 11.8. The molecule has 1 heterocycles. The van der Waals surface area contributed by atoms with Crippen molar-refractivity contribution in [2.75, 3.05) is 5.32 Å². The van der Waals surface area contributed by atoms with Gasteiger partial charge in [-0.3, -0.25) is 10.1 Å². The average Bonchev–Trinajstić information content (AvgIpc) is 2.86. The Morgan fingerprint density at radius 3 is 2.95 bits per heavy atom. The zero-order valence-electron chi connectivity index (χ0n) is 10.8. The van der Waals surface area contributed by atoms with E-state index in [4.69, 9.17) is 23.2 Å². The molecule has 106 valence electrons. The van der Waals surface area contributed by atoms with Crippen molar-refractivity contribution in [3.63, 3.8) is 0 Å². The fourth-order valence-electron chi connectivity index (χ4n) is 1.53. The molecule has 6 nitrogen and oxygen atoms in total. The van der Waals surface area contributed by atoms with Crippen molar-refractivity contribution in [1.82, 2.24) is 20.2 Å². The highest BCUT2D eigenvalue weighted by molar-refractivity contribution is 6.36. The van der Waals surface area contributed by atoms with Gasteiger partial charge in [-0.15, -0.1) is 5.10 Å². The molecule has 2 aromatic rings. The third kappa shape index (κ3) is 3.68. The molecule has 1 aromatic heterocycles. The second kappa shape index (κ2) is 6.67. The van der Waals surface area contributed by atoms with Gasteiger partial charge in [0.2, 0.25) is 0 Å². The standard InChI is InChI=1S/C12H13Cl2N5O/c1-2-3-6-19-17-12(16-18-19)15-11(20)9-7-8(13)4-5-10(9)14/h4-5,7H,2-3,6H2,1H3,(H,15,17,20). The number of aromatic nitrogens is 4. The molecule has 0 radical (unpaired) electrons. The number of carbonyl (C=O) groups excluding carboxylic acids is 1. The van der Waals surface area contributed by atoms with E-state index < -0.39 is 5.91 Å². The van der Waals surface area contributed by atoms with Crippen molar-refractivity contribution in [2.24, 2.45) is 0 Å². The third-order valence-corrected chi connectivity index (χ3v) is 3.13. The maximum Gasteiger partial charge on any atom is 0.270 e. The summed E-state index contributed by atoms with van der Waals surface area (Å²) in [5, 5.41) is 14.9. The van der Waals surface area contributed by atoms with Gasteiger partial charge in [0.25, 0.3) is 11.9 Å². The smallest absolute Gasteiger partial charge is 0.270 e. The van der Waals surface area contributed by atoms with Gasteiger partial charge in [0.1, 0.15) is 0 Å². The maximum absolute atomic E-state index is 12.0. The van der Waals surface area contributed by atoms with E-state index in [1.54, 1.807) is 12.1 Å². The lowest BCUT2D eigenvalue weighted by molar-refractivity contribution is 0.102. The predicted octanol–water partition coefficient (Wildman–Crippen LogP) is 3.03. The number of aryl methyl sites for hydroxylation is 1. The number of tetrazole rings is 1. The molecule has 0 saturated heterocycles. The third-order valence-electron chi connectivity index (χ3n) is 2.56. The van der Waals surface area contributed by atoms with Crippen molar-refractivity contribution in [3.05, 3.63) is 33.8 Å². The van der Waals surface area contributed by atoms with Gasteiger partial charge in [-0.2, -0.15) is 4.80 Å². The van der Waals surface area contributed by atoms with E-state index in [1.807, 2.05) is 0 Å². The van der Waals surface area contributed by atoms with Gasteiger partial charge in [0.05, 0.1) is 17.1 Å². The first kappa shape index (κ1) is 14.7. The van der Waals surface area contributed by atoms with Crippen LogP contribution in [0.1, 0.15) is 30.1 Å². The molecule has 20 heavy (non-hydrogen) atoms. The van der Waals surface area contributed by atoms with Gasteiger partial charge in [-0.05, 0) is 29.8 Å². The molecule has 0 unspecified atom stereocenters. The summed E-state index contributed by atoms with van der Waals surface area (Å²) in [5.74, 6) is -0.283. The number of rotatable bonds is 5. The Kier molecular flexibility index (Phi) is 4.92. The molecule has 0 saturated carbocycles. The number of halogens is 2. The van der Waals surface area contributed by atoms with E-state index in [0.29, 0.717) is 16.6 Å². The summed E-state index contributed by atoms with van der Waals surface area (Å²) in [6, 6.07) is 4.66. The molecule has 0 fully saturated rings. The van der Waals surface area contributed by atoms with Crippen LogP contribution in [0.15, 0.2) is 18.2 Å². The maximum atomic E-state index is 12.0. The van der Waals surface area contributed by atoms with Crippen molar-refractivity contribution in [3.8, 4) is 0 Å². The normalized spacial score (nSPS) is 10.6. The minimum atomic E-state index is -0.424. The highest BCUT2D eigenvalue weighted by atomic mass is 35.5. The average molecular weight is 314 g/mol. The number of nitrogens with one attached hydrogen (secondary N) is 1. The SMILES string of the molecule is CCCCn1nnc(NC(=O)c2cc(Cl)ccc2Cl)n1. The molecule has 1 aromatic carbocycles. The molecule has 8 heteroatoms. The summed E-state index contributed by atoms with van der Waals surface area (Å²) < 4.78 is 0. The summed E-state index contributed by atoms with van der Waals surface area (Å²) in [6.07, 6.45) is 1.98. The van der Waals surface area contributed by atoms with E-state index in [-0.39, 0.29) is 11.5 Å². The van der Waals surface area contributed by atoms with Gasteiger partial charge in [-0.25, -0.2) is 0 Å². The molecule has 1 amide bonds. The van der Waals surface area contributed by atoms with Crippen LogP contribution < -0.4 is 5.32 Å². The fourth-order valence-corrected chi connectivity index (χ4v) is 1.90. The number of amides is 1. The predicted molar refractivity (Wildman–Crippen MR) is 77.1 cm³/mol. The Balaban J connectivity index is 2.07. The van der Waals surface area contributed by atoms with Crippen molar-refractivity contribution < 1.29 is 4.79 Å². The van der Waals surface area contributed by atoms with Crippen LogP contribution in [-0.4, -0.2) is 26.1 Å². The molecule has 0 aliphatic heterocycles. The van der Waals surface area contributed by atoms with E-state index in [0.717, 1.165) is 12.8 Å². The molecule has 0 aliphatic carbocycles. The minimum Gasteiger partial charge on any atom is -0.288 e. The Bertz CT molecular complexity index is 614. The fraction of sp³-hybridized carbons (Fsp3) is 0.333. The van der Waals surface area contributed by atoms with Gasteiger partial charge >= 0.3 is 0 Å². The highest BCUT2D eigenvalue weighted by Crippen LogP contribution is 2.21. The number of hydrogen-bond donors (Lipinski definition) is 1. The first-order valence-electron chi connectivity index (χ1n) is 6.14. The van der Waals surface area contributed by atoms with Crippen LogP contribution in [0.3, 0.4) is 0 Å².